The summed E-state index contributed by atoms with van der Waals surface area (Å²) < 4.78 is 6.22. The summed E-state index contributed by atoms with van der Waals surface area (Å²) >= 11 is 0. The first-order valence-electron chi connectivity index (χ1n) is 6.52. The van der Waals surface area contributed by atoms with E-state index in [2.05, 4.69) is 0 Å². The summed E-state index contributed by atoms with van der Waals surface area (Å²) in [5.41, 5.74) is 0. The molecule has 0 aliphatic carbocycles. The van der Waals surface area contributed by atoms with E-state index in [1.54, 1.807) is 13.8 Å². The second-order valence-corrected chi connectivity index (χ2v) is 15.2. The van der Waals surface area contributed by atoms with Crippen molar-refractivity contribution >= 4 is 28.6 Å². The molecule has 0 aromatic heterocycles. The van der Waals surface area contributed by atoms with Crippen LogP contribution in [0.1, 0.15) is 13.8 Å². The summed E-state index contributed by atoms with van der Waals surface area (Å²) in [6.45, 7) is 11.4. The molecule has 0 rings (SSSR count). The zero-order chi connectivity index (χ0) is 15.4. The topological polar surface area (TPSA) is 83.8 Å². The summed E-state index contributed by atoms with van der Waals surface area (Å²) in [6.07, 6.45) is 0. The van der Waals surface area contributed by atoms with E-state index in [0.717, 1.165) is 0 Å². The summed E-state index contributed by atoms with van der Waals surface area (Å²) in [6, 6.07) is 1.11. The molecule has 0 amide bonds. The maximum Gasteiger partial charge on any atom is 0.306 e. The lowest BCUT2D eigenvalue weighted by Gasteiger charge is -2.35. The zero-order valence-corrected chi connectivity index (χ0v) is 14.7. The molecule has 0 fully saturated rings. The van der Waals surface area contributed by atoms with Crippen LogP contribution >= 0.6 is 0 Å². The molecule has 19 heavy (non-hydrogen) atoms. The minimum absolute atomic E-state index is 0.414. The Labute approximate surface area is 117 Å². The molecule has 0 spiro atoms. The van der Waals surface area contributed by atoms with Gasteiger partial charge in [-0.05, 0) is 38.3 Å². The maximum absolute atomic E-state index is 10.9. The zero-order valence-electron chi connectivity index (χ0n) is 12.7. The van der Waals surface area contributed by atoms with E-state index in [9.17, 15) is 9.59 Å². The van der Waals surface area contributed by atoms with Gasteiger partial charge in [-0.3, -0.25) is 9.59 Å². The normalized spacial score (nSPS) is 15.9. The molecule has 0 aliphatic rings. The van der Waals surface area contributed by atoms with Crippen molar-refractivity contribution in [3.8, 4) is 0 Å². The van der Waals surface area contributed by atoms with E-state index < -0.39 is 40.4 Å². The number of hydrogen-bond acceptors (Lipinski definition) is 3. The van der Waals surface area contributed by atoms with Crippen molar-refractivity contribution in [2.75, 3.05) is 0 Å². The summed E-state index contributed by atoms with van der Waals surface area (Å²) in [4.78, 5) is 21.8. The van der Waals surface area contributed by atoms with E-state index in [0.29, 0.717) is 12.1 Å². The maximum atomic E-state index is 10.9. The molecule has 2 unspecified atom stereocenters. The van der Waals surface area contributed by atoms with Crippen molar-refractivity contribution in [1.82, 2.24) is 0 Å². The molecular formula is C12H26O5Si2. The first-order valence-corrected chi connectivity index (χ1v) is 12.8. The summed E-state index contributed by atoms with van der Waals surface area (Å²) in [5, 5.41) is 17.9. The molecule has 0 aromatic rings. The monoisotopic (exact) mass is 306 g/mol. The Morgan fingerprint density at radius 3 is 1.37 bits per heavy atom. The average molecular weight is 307 g/mol. The van der Waals surface area contributed by atoms with Gasteiger partial charge < -0.3 is 14.3 Å². The van der Waals surface area contributed by atoms with Gasteiger partial charge in [0.05, 0.1) is 11.8 Å². The average Bonchev–Trinajstić information content (AvgIpc) is 2.13. The second-order valence-electron chi connectivity index (χ2n) is 6.51. The van der Waals surface area contributed by atoms with Gasteiger partial charge in [0, 0.05) is 0 Å². The number of carboxylic acid groups (broad SMARTS) is 2. The lowest BCUT2D eigenvalue weighted by Crippen LogP contribution is -2.46. The van der Waals surface area contributed by atoms with Crippen molar-refractivity contribution in [1.29, 1.82) is 0 Å². The van der Waals surface area contributed by atoms with Crippen LogP contribution in [-0.4, -0.2) is 38.8 Å². The third-order valence-electron chi connectivity index (χ3n) is 2.99. The molecule has 0 aliphatic heterocycles. The minimum Gasteiger partial charge on any atom is -0.481 e. The van der Waals surface area contributed by atoms with Crippen molar-refractivity contribution < 1.29 is 23.9 Å². The van der Waals surface area contributed by atoms with Gasteiger partial charge in [-0.1, -0.05) is 13.8 Å². The Kier molecular flexibility index (Phi) is 6.43. The number of aliphatic carboxylic acids is 2. The van der Waals surface area contributed by atoms with Gasteiger partial charge in [-0.15, -0.1) is 0 Å². The van der Waals surface area contributed by atoms with Gasteiger partial charge in [0.1, 0.15) is 0 Å². The van der Waals surface area contributed by atoms with E-state index in [-0.39, 0.29) is 0 Å². The molecule has 0 heterocycles. The molecule has 0 aromatic carbocycles. The molecule has 0 bridgehead atoms. The number of hydrogen-bond donors (Lipinski definition) is 2. The largest absolute Gasteiger partial charge is 0.481 e. The first kappa shape index (κ1) is 18.3. The van der Waals surface area contributed by atoms with Crippen LogP contribution < -0.4 is 0 Å². The van der Waals surface area contributed by atoms with Gasteiger partial charge in [0.15, 0.2) is 16.6 Å². The Balaban J connectivity index is 4.62. The SMILES string of the molecule is CC(C[Si](C)(C)O[Si](C)(C)CC(C)C(=O)O)C(=O)O. The van der Waals surface area contributed by atoms with Gasteiger partial charge in [-0.25, -0.2) is 0 Å². The third kappa shape index (κ3) is 7.49. The van der Waals surface area contributed by atoms with Gasteiger partial charge in [-0.2, -0.15) is 0 Å². The van der Waals surface area contributed by atoms with Crippen LogP contribution in [0.25, 0.3) is 0 Å². The fourth-order valence-corrected chi connectivity index (χ4v) is 12.4. The van der Waals surface area contributed by atoms with Crippen LogP contribution in [0, 0.1) is 11.8 Å². The van der Waals surface area contributed by atoms with E-state index in [4.69, 9.17) is 14.3 Å². The van der Waals surface area contributed by atoms with E-state index >= 15 is 0 Å². The van der Waals surface area contributed by atoms with Crippen LogP contribution in [0.2, 0.25) is 38.3 Å². The summed E-state index contributed by atoms with van der Waals surface area (Å²) in [5.74, 6) is -2.43. The molecule has 0 saturated heterocycles. The highest BCUT2D eigenvalue weighted by Gasteiger charge is 2.37. The molecule has 0 radical (unpaired) electrons. The van der Waals surface area contributed by atoms with Crippen molar-refractivity contribution in [3.63, 3.8) is 0 Å². The predicted octanol–water partition coefficient (Wildman–Crippen LogP) is 2.85. The van der Waals surface area contributed by atoms with Crippen LogP contribution in [0.5, 0.6) is 0 Å². The highest BCUT2D eigenvalue weighted by molar-refractivity contribution is 6.85. The Morgan fingerprint density at radius 1 is 0.895 bits per heavy atom. The Bertz CT molecular complexity index is 309. The lowest BCUT2D eigenvalue weighted by atomic mass is 10.2. The molecule has 2 N–H and O–H groups in total. The van der Waals surface area contributed by atoms with Gasteiger partial charge in [0.2, 0.25) is 0 Å². The Hall–Kier alpha value is -0.666. The van der Waals surface area contributed by atoms with Crippen LogP contribution in [-0.2, 0) is 13.7 Å². The van der Waals surface area contributed by atoms with Gasteiger partial charge in [0.25, 0.3) is 0 Å². The summed E-state index contributed by atoms with van der Waals surface area (Å²) in [7, 11) is -4.16. The number of rotatable bonds is 8. The highest BCUT2D eigenvalue weighted by Crippen LogP contribution is 2.27. The van der Waals surface area contributed by atoms with Gasteiger partial charge >= 0.3 is 11.9 Å². The standard InChI is InChI=1S/C12H26O5Si2/c1-9(11(13)14)7-18(3,4)17-19(5,6)8-10(2)12(15)16/h9-10H,7-8H2,1-6H3,(H,13,14)(H,15,16). The Morgan fingerprint density at radius 2 is 1.16 bits per heavy atom. The molecule has 2 atom stereocenters. The molecule has 7 heteroatoms. The number of carboxylic acids is 2. The fourth-order valence-electron chi connectivity index (χ4n) is 2.48. The van der Waals surface area contributed by atoms with E-state index in [1.165, 1.54) is 0 Å². The van der Waals surface area contributed by atoms with E-state index in [1.807, 2.05) is 26.2 Å². The second kappa shape index (κ2) is 6.67. The number of carbonyl (C=O) groups is 2. The molecule has 112 valence electrons. The molecular weight excluding hydrogens is 280 g/mol. The highest BCUT2D eigenvalue weighted by atomic mass is 28.4. The molecule has 5 nitrogen and oxygen atoms in total. The van der Waals surface area contributed by atoms with Crippen LogP contribution in [0.15, 0.2) is 0 Å². The first-order chi connectivity index (χ1) is 8.36. The third-order valence-corrected chi connectivity index (χ3v) is 10.6. The fraction of sp³-hybridized carbons (Fsp3) is 0.833. The van der Waals surface area contributed by atoms with Crippen molar-refractivity contribution in [2.24, 2.45) is 11.8 Å². The smallest absolute Gasteiger partial charge is 0.306 e. The van der Waals surface area contributed by atoms with Crippen molar-refractivity contribution in [3.05, 3.63) is 0 Å². The lowest BCUT2D eigenvalue weighted by molar-refractivity contribution is -0.141. The predicted molar refractivity (Wildman–Crippen MR) is 79.3 cm³/mol. The minimum atomic E-state index is -2.08. The van der Waals surface area contributed by atoms with Crippen LogP contribution in [0.4, 0.5) is 0 Å². The molecule has 0 saturated carbocycles. The van der Waals surface area contributed by atoms with Crippen LogP contribution in [0.3, 0.4) is 0 Å². The quantitative estimate of drug-likeness (QED) is 0.674. The van der Waals surface area contributed by atoms with Crippen molar-refractivity contribution in [2.45, 2.75) is 52.1 Å².